The lowest BCUT2D eigenvalue weighted by Gasteiger charge is -1.78. The molecule has 0 aliphatic carbocycles. The van der Waals surface area contributed by atoms with E-state index >= 15 is 0 Å². The minimum atomic E-state index is 0.234. The predicted octanol–water partition coefficient (Wildman–Crippen LogP) is 1.50. The highest BCUT2D eigenvalue weighted by atomic mass is 16.3. The summed E-state index contributed by atoms with van der Waals surface area (Å²) >= 11 is 0. The van der Waals surface area contributed by atoms with Crippen molar-refractivity contribution < 1.29 is 5.11 Å². The summed E-state index contributed by atoms with van der Waals surface area (Å²) in [7, 11) is 0. The highest BCUT2D eigenvalue weighted by molar-refractivity contribution is 5.54. The first-order valence-corrected chi connectivity index (χ1v) is 2.11. The molecule has 7 heavy (non-hydrogen) atoms. The molecule has 0 aliphatic heterocycles. The largest absolute Gasteiger partial charge is 0.511 e. The fourth-order valence-corrected chi connectivity index (χ4v) is 0.182. The Hall–Kier alpha value is -0.790. The lowest BCUT2D eigenvalue weighted by Crippen LogP contribution is -1.65. The fraction of sp³-hybridized carbons (Fsp3) is 0.400. The van der Waals surface area contributed by atoms with Gasteiger partial charge in [-0.15, -0.1) is 0 Å². The summed E-state index contributed by atoms with van der Waals surface area (Å²) in [5, 5.41) is 8.43. The predicted molar refractivity (Wildman–Crippen MR) is 30.6 cm³/mol. The van der Waals surface area contributed by atoms with Crippen LogP contribution in [-0.4, -0.2) is 11.3 Å². The van der Waals surface area contributed by atoms with Crippen molar-refractivity contribution >= 4 is 6.21 Å². The van der Waals surface area contributed by atoms with Crippen molar-refractivity contribution in [3.63, 3.8) is 0 Å². The number of aliphatic hydroxyl groups excluding tert-OH is 1. The fourth-order valence-electron chi connectivity index (χ4n) is 0.182. The van der Waals surface area contributed by atoms with Gasteiger partial charge >= 0.3 is 0 Å². The molecule has 2 nitrogen and oxygen atoms in total. The summed E-state index contributed by atoms with van der Waals surface area (Å²) in [5.41, 5.74) is 0. The van der Waals surface area contributed by atoms with Crippen LogP contribution in [0.5, 0.6) is 0 Å². The molecule has 0 aliphatic rings. The van der Waals surface area contributed by atoms with Gasteiger partial charge in [0.25, 0.3) is 0 Å². The van der Waals surface area contributed by atoms with Crippen molar-refractivity contribution in [1.29, 1.82) is 0 Å². The summed E-state index contributed by atoms with van der Waals surface area (Å²) in [4.78, 5) is 3.63. The van der Waals surface area contributed by atoms with Crippen LogP contribution in [0.15, 0.2) is 17.0 Å². The highest BCUT2D eigenvalue weighted by Crippen LogP contribution is 1.81. The van der Waals surface area contributed by atoms with Crippen molar-refractivity contribution in [3.8, 4) is 0 Å². The third kappa shape index (κ3) is 5.21. The molecule has 0 unspecified atom stereocenters. The van der Waals surface area contributed by atoms with E-state index in [4.69, 9.17) is 5.11 Å². The molecule has 0 spiro atoms. The van der Waals surface area contributed by atoms with E-state index < -0.39 is 0 Å². The first kappa shape index (κ1) is 6.21. The minimum absolute atomic E-state index is 0.234. The van der Waals surface area contributed by atoms with Gasteiger partial charge in [-0.1, -0.05) is 0 Å². The molecule has 0 fully saturated rings. The molecule has 0 bridgehead atoms. The molecule has 0 aromatic rings. The zero-order chi connectivity index (χ0) is 5.70. The molecule has 0 rings (SSSR count). The molecule has 0 amide bonds. The van der Waals surface area contributed by atoms with E-state index in [1.165, 1.54) is 6.20 Å². The van der Waals surface area contributed by atoms with Gasteiger partial charge in [-0.2, -0.15) is 0 Å². The lowest BCUT2D eigenvalue weighted by molar-refractivity contribution is 0.412. The Bertz CT molecular complexity index is 90.3. The van der Waals surface area contributed by atoms with Crippen LogP contribution in [0.25, 0.3) is 0 Å². The van der Waals surface area contributed by atoms with Crippen LogP contribution in [0.4, 0.5) is 0 Å². The molecular weight excluding hydrogens is 90.1 g/mol. The van der Waals surface area contributed by atoms with E-state index in [1.807, 2.05) is 0 Å². The average molecular weight is 99.1 g/mol. The van der Waals surface area contributed by atoms with E-state index in [1.54, 1.807) is 20.1 Å². The quantitative estimate of drug-likeness (QED) is 0.392. The number of aliphatic hydroxyl groups is 1. The molecule has 0 radical (unpaired) electrons. The van der Waals surface area contributed by atoms with Crippen LogP contribution >= 0.6 is 0 Å². The molecule has 0 heterocycles. The van der Waals surface area contributed by atoms with Crippen LogP contribution in [0.3, 0.4) is 0 Å². The Balaban J connectivity index is 3.46. The van der Waals surface area contributed by atoms with Crippen molar-refractivity contribution in [3.05, 3.63) is 12.0 Å². The van der Waals surface area contributed by atoms with E-state index in [0.717, 1.165) is 0 Å². The van der Waals surface area contributed by atoms with E-state index in [2.05, 4.69) is 4.99 Å². The van der Waals surface area contributed by atoms with Crippen LogP contribution in [0, 0.1) is 0 Å². The molecule has 1 N–H and O–H groups in total. The number of hydrogen-bond acceptors (Lipinski definition) is 2. The van der Waals surface area contributed by atoms with Crippen molar-refractivity contribution in [2.24, 2.45) is 4.99 Å². The Labute approximate surface area is 43.2 Å². The maximum atomic E-state index is 8.43. The Kier molecular flexibility index (Phi) is 3.02. The lowest BCUT2D eigenvalue weighted by atomic mass is 10.6. The van der Waals surface area contributed by atoms with Gasteiger partial charge in [0, 0.05) is 6.21 Å². The SMILES string of the molecule is C/C=N\C=C(\C)O. The van der Waals surface area contributed by atoms with E-state index in [-0.39, 0.29) is 5.76 Å². The summed E-state index contributed by atoms with van der Waals surface area (Å²) in [6.07, 6.45) is 3.00. The third-order valence-electron chi connectivity index (χ3n) is 0.410. The molecule has 2 heteroatoms. The first-order valence-electron chi connectivity index (χ1n) is 2.11. The van der Waals surface area contributed by atoms with Crippen molar-refractivity contribution in [1.82, 2.24) is 0 Å². The summed E-state index contributed by atoms with van der Waals surface area (Å²) in [5.74, 6) is 0.234. The summed E-state index contributed by atoms with van der Waals surface area (Å²) in [6, 6.07) is 0. The van der Waals surface area contributed by atoms with Gasteiger partial charge in [-0.25, -0.2) is 0 Å². The normalized spacial score (nSPS) is 13.1. The van der Waals surface area contributed by atoms with Crippen LogP contribution in [0.1, 0.15) is 13.8 Å². The zero-order valence-electron chi connectivity index (χ0n) is 4.55. The minimum Gasteiger partial charge on any atom is -0.511 e. The topological polar surface area (TPSA) is 32.6 Å². The first-order chi connectivity index (χ1) is 3.27. The third-order valence-corrected chi connectivity index (χ3v) is 0.410. The van der Waals surface area contributed by atoms with E-state index in [0.29, 0.717) is 0 Å². The molecule has 0 saturated carbocycles. The molecule has 0 aromatic carbocycles. The van der Waals surface area contributed by atoms with Gasteiger partial charge in [0.1, 0.15) is 5.76 Å². The highest BCUT2D eigenvalue weighted by Gasteiger charge is 1.69. The van der Waals surface area contributed by atoms with Gasteiger partial charge in [0.05, 0.1) is 6.20 Å². The smallest absolute Gasteiger partial charge is 0.107 e. The van der Waals surface area contributed by atoms with Crippen molar-refractivity contribution in [2.45, 2.75) is 13.8 Å². The van der Waals surface area contributed by atoms with Crippen LogP contribution in [-0.2, 0) is 0 Å². The number of allylic oxidation sites excluding steroid dienone is 1. The number of nitrogens with zero attached hydrogens (tertiary/aromatic N) is 1. The second-order valence-corrected chi connectivity index (χ2v) is 1.18. The monoisotopic (exact) mass is 99.1 g/mol. The van der Waals surface area contributed by atoms with Crippen LogP contribution < -0.4 is 0 Å². The summed E-state index contributed by atoms with van der Waals surface area (Å²) in [6.45, 7) is 3.37. The van der Waals surface area contributed by atoms with Gasteiger partial charge in [-0.3, -0.25) is 4.99 Å². The Morgan fingerprint density at radius 2 is 2.29 bits per heavy atom. The zero-order valence-corrected chi connectivity index (χ0v) is 4.55. The second kappa shape index (κ2) is 3.40. The van der Waals surface area contributed by atoms with Crippen molar-refractivity contribution in [2.75, 3.05) is 0 Å². The summed E-state index contributed by atoms with van der Waals surface area (Å²) < 4.78 is 0. The van der Waals surface area contributed by atoms with Crippen LogP contribution in [0.2, 0.25) is 0 Å². The standard InChI is InChI=1S/C5H9NO/c1-3-6-4-5(2)7/h3-4,7H,1-2H3/b5-4-,6-3-. The molecule has 0 saturated heterocycles. The van der Waals surface area contributed by atoms with Gasteiger partial charge in [0.15, 0.2) is 0 Å². The van der Waals surface area contributed by atoms with Gasteiger partial charge < -0.3 is 5.11 Å². The Morgan fingerprint density at radius 1 is 1.71 bits per heavy atom. The van der Waals surface area contributed by atoms with Gasteiger partial charge in [-0.05, 0) is 13.8 Å². The molecule has 40 valence electrons. The number of hydrogen-bond donors (Lipinski definition) is 1. The second-order valence-electron chi connectivity index (χ2n) is 1.18. The number of rotatable bonds is 1. The Morgan fingerprint density at radius 3 is 2.43 bits per heavy atom. The van der Waals surface area contributed by atoms with E-state index in [9.17, 15) is 0 Å². The average Bonchev–Trinajstić information content (AvgIpc) is 1.61. The molecular formula is C5H9NO. The number of aliphatic imine (C=N–C) groups is 1. The maximum absolute atomic E-state index is 8.43. The maximum Gasteiger partial charge on any atom is 0.107 e. The molecule has 0 aromatic heterocycles. The molecule has 0 atom stereocenters. The van der Waals surface area contributed by atoms with Gasteiger partial charge in [0.2, 0.25) is 0 Å².